The summed E-state index contributed by atoms with van der Waals surface area (Å²) in [5, 5.41) is 0. The second-order valence-electron chi connectivity index (χ2n) is 16.6. The third-order valence-corrected chi connectivity index (χ3v) is 12.4. The smallest absolute Gasteiger partial charge is 0.183 e. The van der Waals surface area contributed by atoms with Gasteiger partial charge in [-0.05, 0) is 149 Å². The van der Waals surface area contributed by atoms with E-state index in [1.165, 1.54) is 22.3 Å². The monoisotopic (exact) mass is 772 g/mol. The van der Waals surface area contributed by atoms with Crippen LogP contribution in [0.5, 0.6) is 23.0 Å². The van der Waals surface area contributed by atoms with E-state index in [-0.39, 0.29) is 16.7 Å². The number of nitrogens with zero attached hydrogens (tertiary/aromatic N) is 2. The molecule has 5 nitrogen and oxygen atoms in total. The number of hydrogen-bond donors (Lipinski definition) is 0. The quantitative estimate of drug-likeness (QED) is 0.0814. The molecule has 5 heteroatoms. The van der Waals surface area contributed by atoms with Gasteiger partial charge in [0, 0.05) is 16.5 Å². The highest BCUT2D eigenvalue weighted by molar-refractivity contribution is 6.03. The Bertz CT molecular complexity index is 2200. The van der Waals surface area contributed by atoms with Gasteiger partial charge in [-0.15, -0.1) is 0 Å². The first-order valence-electron chi connectivity index (χ1n) is 20.6. The molecule has 0 aliphatic carbocycles. The van der Waals surface area contributed by atoms with Crippen molar-refractivity contribution in [3.8, 4) is 23.0 Å². The third-order valence-electron chi connectivity index (χ3n) is 12.4. The van der Waals surface area contributed by atoms with Crippen LogP contribution in [-0.4, -0.2) is 54.9 Å². The largest absolute Gasteiger partial charge is 0.457 e. The summed E-state index contributed by atoms with van der Waals surface area (Å²) in [7, 11) is 8.38. The zero-order chi connectivity index (χ0) is 41.3. The summed E-state index contributed by atoms with van der Waals surface area (Å²) in [6, 6.07) is 53.8. The number of benzene rings is 6. The van der Waals surface area contributed by atoms with Crippen LogP contribution in [0.2, 0.25) is 0 Å². The lowest BCUT2D eigenvalue weighted by Crippen LogP contribution is -2.52. The standard InChI is InChI=1S/C53H60N2O3/c1-9-52(54(5)6,37-40-17-13-11-14-18-40)38-42-21-29-46(30-22-42)57-48-33-25-44(26-34-48)51(3,4)45-27-35-49(36-28-45)58-47-31-23-43(24-32-47)50(56)53(10-2,55(7)8)39-41-19-15-12-16-20-41/h11-36H,9-10,37-39H2,1-8H3. The van der Waals surface area contributed by atoms with Gasteiger partial charge in [-0.1, -0.05) is 125 Å². The Kier molecular flexibility index (Phi) is 13.4. The summed E-state index contributed by atoms with van der Waals surface area (Å²) < 4.78 is 12.6. The second-order valence-corrected chi connectivity index (χ2v) is 16.6. The van der Waals surface area contributed by atoms with E-state index in [1.807, 2.05) is 68.7 Å². The highest BCUT2D eigenvalue weighted by atomic mass is 16.5. The molecule has 0 aromatic heterocycles. The first-order chi connectivity index (χ1) is 27.9. The van der Waals surface area contributed by atoms with Gasteiger partial charge in [0.2, 0.25) is 0 Å². The molecule has 0 aliphatic rings. The number of ketones is 1. The van der Waals surface area contributed by atoms with Crippen LogP contribution in [0.3, 0.4) is 0 Å². The molecule has 0 saturated carbocycles. The summed E-state index contributed by atoms with van der Waals surface area (Å²) >= 11 is 0. The van der Waals surface area contributed by atoms with Gasteiger partial charge in [-0.2, -0.15) is 0 Å². The molecule has 0 N–H and O–H groups in total. The number of Topliss-reactive ketones (excluding diaryl/α,β-unsaturated/α-hetero) is 1. The van der Waals surface area contributed by atoms with Gasteiger partial charge < -0.3 is 14.4 Å². The van der Waals surface area contributed by atoms with E-state index in [0.717, 1.165) is 42.1 Å². The van der Waals surface area contributed by atoms with E-state index in [1.54, 1.807) is 0 Å². The van der Waals surface area contributed by atoms with Gasteiger partial charge in [-0.3, -0.25) is 9.69 Å². The molecule has 6 aromatic carbocycles. The van der Waals surface area contributed by atoms with Crippen LogP contribution < -0.4 is 9.47 Å². The van der Waals surface area contributed by atoms with Crippen molar-refractivity contribution in [1.29, 1.82) is 0 Å². The molecular weight excluding hydrogens is 713 g/mol. The molecule has 58 heavy (non-hydrogen) atoms. The molecule has 300 valence electrons. The van der Waals surface area contributed by atoms with Crippen LogP contribution in [0.15, 0.2) is 158 Å². The molecular formula is C53H60N2O3. The minimum Gasteiger partial charge on any atom is -0.457 e. The first-order valence-corrected chi connectivity index (χ1v) is 20.6. The summed E-state index contributed by atoms with van der Waals surface area (Å²) in [5.74, 6) is 3.18. The van der Waals surface area contributed by atoms with Crippen LogP contribution >= 0.6 is 0 Å². The van der Waals surface area contributed by atoms with Crippen molar-refractivity contribution in [3.63, 3.8) is 0 Å². The van der Waals surface area contributed by atoms with Crippen molar-refractivity contribution >= 4 is 5.78 Å². The molecule has 6 rings (SSSR count). The van der Waals surface area contributed by atoms with E-state index >= 15 is 0 Å². The van der Waals surface area contributed by atoms with E-state index in [0.29, 0.717) is 24.2 Å². The molecule has 0 fully saturated rings. The van der Waals surface area contributed by atoms with Gasteiger partial charge in [0.05, 0.1) is 5.54 Å². The molecule has 0 amide bonds. The van der Waals surface area contributed by atoms with Crippen molar-refractivity contribution in [2.24, 2.45) is 0 Å². The van der Waals surface area contributed by atoms with Gasteiger partial charge in [0.1, 0.15) is 23.0 Å². The molecule has 0 bridgehead atoms. The van der Waals surface area contributed by atoms with E-state index in [4.69, 9.17) is 9.47 Å². The number of likely N-dealkylation sites (N-methyl/N-ethyl adjacent to an activating group) is 2. The number of rotatable bonds is 18. The van der Waals surface area contributed by atoms with Crippen LogP contribution in [0.1, 0.15) is 78.7 Å². The van der Waals surface area contributed by atoms with Crippen molar-refractivity contribution < 1.29 is 14.3 Å². The highest BCUT2D eigenvalue weighted by Crippen LogP contribution is 2.36. The number of hydrogen-bond acceptors (Lipinski definition) is 5. The Hall–Kier alpha value is -5.49. The Morgan fingerprint density at radius 2 is 0.845 bits per heavy atom. The maximum absolute atomic E-state index is 14.0. The topological polar surface area (TPSA) is 42.0 Å². The normalized spacial score (nSPS) is 13.8. The van der Waals surface area contributed by atoms with Gasteiger partial charge in [0.25, 0.3) is 0 Å². The Balaban J connectivity index is 1.06. The van der Waals surface area contributed by atoms with Crippen LogP contribution in [0.25, 0.3) is 0 Å². The fraction of sp³-hybridized carbons (Fsp3) is 0.302. The van der Waals surface area contributed by atoms with E-state index < -0.39 is 5.54 Å². The number of carbonyl (C=O) groups is 1. The van der Waals surface area contributed by atoms with Crippen LogP contribution in [0.4, 0.5) is 0 Å². The Labute approximate surface area is 347 Å². The van der Waals surface area contributed by atoms with Crippen molar-refractivity contribution in [2.45, 2.75) is 76.3 Å². The predicted molar refractivity (Wildman–Crippen MR) is 240 cm³/mol. The summed E-state index contributed by atoms with van der Waals surface area (Å²) in [4.78, 5) is 18.4. The number of carbonyl (C=O) groups excluding carboxylic acids is 1. The van der Waals surface area contributed by atoms with Gasteiger partial charge >= 0.3 is 0 Å². The Morgan fingerprint density at radius 1 is 0.466 bits per heavy atom. The van der Waals surface area contributed by atoms with Gasteiger partial charge in [0.15, 0.2) is 5.78 Å². The Morgan fingerprint density at radius 3 is 1.22 bits per heavy atom. The molecule has 0 saturated heterocycles. The second kappa shape index (κ2) is 18.4. The number of ether oxygens (including phenoxy) is 2. The molecule has 2 atom stereocenters. The summed E-state index contributed by atoms with van der Waals surface area (Å²) in [5.41, 5.74) is 6.02. The minimum absolute atomic E-state index is 0.0345. The molecule has 6 aromatic rings. The molecule has 0 heterocycles. The lowest BCUT2D eigenvalue weighted by atomic mass is 9.78. The molecule has 0 aliphatic heterocycles. The third kappa shape index (κ3) is 9.61. The molecule has 0 radical (unpaired) electrons. The van der Waals surface area contributed by atoms with E-state index in [2.05, 4.69) is 155 Å². The van der Waals surface area contributed by atoms with Crippen molar-refractivity contribution in [1.82, 2.24) is 9.80 Å². The average molecular weight is 773 g/mol. The zero-order valence-corrected chi connectivity index (χ0v) is 35.7. The van der Waals surface area contributed by atoms with E-state index in [9.17, 15) is 4.79 Å². The summed E-state index contributed by atoms with van der Waals surface area (Å²) in [6.45, 7) is 8.84. The average Bonchev–Trinajstić information content (AvgIpc) is 3.24. The maximum atomic E-state index is 14.0. The van der Waals surface area contributed by atoms with Crippen molar-refractivity contribution in [2.75, 3.05) is 28.2 Å². The maximum Gasteiger partial charge on any atom is 0.183 e. The lowest BCUT2D eigenvalue weighted by molar-refractivity contribution is 0.0666. The van der Waals surface area contributed by atoms with Gasteiger partial charge in [-0.25, -0.2) is 0 Å². The van der Waals surface area contributed by atoms with Crippen molar-refractivity contribution in [3.05, 3.63) is 191 Å². The predicted octanol–water partition coefficient (Wildman–Crippen LogP) is 12.2. The highest BCUT2D eigenvalue weighted by Gasteiger charge is 2.39. The fourth-order valence-electron chi connectivity index (χ4n) is 8.21. The first kappa shape index (κ1) is 42.1. The lowest BCUT2D eigenvalue weighted by Gasteiger charge is -2.40. The van der Waals surface area contributed by atoms with Crippen LogP contribution in [0, 0.1) is 0 Å². The molecule has 2 unspecified atom stereocenters. The molecule has 0 spiro atoms. The zero-order valence-electron chi connectivity index (χ0n) is 35.7. The minimum atomic E-state index is -0.635. The fourth-order valence-corrected chi connectivity index (χ4v) is 8.21. The SMILES string of the molecule is CCC(Cc1ccccc1)(Cc1ccc(Oc2ccc(C(C)(C)c3ccc(Oc4ccc(C(=O)C(CC)(Cc5ccccc5)N(C)C)cc4)cc3)cc2)cc1)N(C)C. The summed E-state index contributed by atoms with van der Waals surface area (Å²) in [6.07, 6.45) is 4.37. The van der Waals surface area contributed by atoms with Crippen LogP contribution in [-0.2, 0) is 24.7 Å².